The lowest BCUT2D eigenvalue weighted by Crippen LogP contribution is -2.54. The molecule has 1 aliphatic heterocycles. The smallest absolute Gasteiger partial charge is 0.255 e. The van der Waals surface area contributed by atoms with Gasteiger partial charge in [-0.1, -0.05) is 19.9 Å². The van der Waals surface area contributed by atoms with Crippen molar-refractivity contribution in [1.29, 1.82) is 0 Å². The Morgan fingerprint density at radius 3 is 2.71 bits per heavy atom. The number of carbonyl (C=O) groups is 1. The third-order valence-corrected chi connectivity index (χ3v) is 5.14. The van der Waals surface area contributed by atoms with Crippen molar-refractivity contribution in [2.75, 3.05) is 13.1 Å². The second-order valence-corrected chi connectivity index (χ2v) is 7.42. The molecular formula is C19H26N4O. The van der Waals surface area contributed by atoms with E-state index >= 15 is 0 Å². The maximum absolute atomic E-state index is 13.1. The summed E-state index contributed by atoms with van der Waals surface area (Å²) in [7, 11) is 0. The molecule has 1 unspecified atom stereocenters. The molecule has 0 spiro atoms. The van der Waals surface area contributed by atoms with Crippen molar-refractivity contribution >= 4 is 5.91 Å². The summed E-state index contributed by atoms with van der Waals surface area (Å²) in [4.78, 5) is 19.4. The average molecular weight is 326 g/mol. The summed E-state index contributed by atoms with van der Waals surface area (Å²) in [5.74, 6) is 0.929. The minimum Gasteiger partial charge on any atom is -0.338 e. The third-order valence-electron chi connectivity index (χ3n) is 5.14. The van der Waals surface area contributed by atoms with E-state index in [1.165, 1.54) is 0 Å². The Labute approximate surface area is 143 Å². The van der Waals surface area contributed by atoms with Crippen LogP contribution in [0.1, 0.15) is 42.0 Å². The number of piperidine rings is 1. The number of amides is 1. The van der Waals surface area contributed by atoms with Gasteiger partial charge in [0.1, 0.15) is 5.82 Å². The Balaban J connectivity index is 1.92. The van der Waals surface area contributed by atoms with E-state index in [0.717, 1.165) is 35.7 Å². The molecule has 3 heterocycles. The number of nitrogens with two attached hydrogens (primary N) is 1. The molecule has 2 N–H and O–H groups in total. The van der Waals surface area contributed by atoms with Gasteiger partial charge in [-0.2, -0.15) is 0 Å². The first-order chi connectivity index (χ1) is 11.3. The maximum Gasteiger partial charge on any atom is 0.255 e. The molecule has 2 aromatic heterocycles. The molecule has 1 atom stereocenters. The summed E-state index contributed by atoms with van der Waals surface area (Å²) in [5.41, 5.74) is 8.85. The van der Waals surface area contributed by atoms with Crippen LogP contribution in [-0.2, 0) is 0 Å². The number of nitrogens with zero attached hydrogens (tertiary/aromatic N) is 3. The fourth-order valence-electron chi connectivity index (χ4n) is 3.54. The molecule has 3 rings (SSSR count). The van der Waals surface area contributed by atoms with Crippen LogP contribution in [0, 0.1) is 19.3 Å². The molecule has 0 radical (unpaired) electrons. The highest BCUT2D eigenvalue weighted by Crippen LogP contribution is 2.29. The first-order valence-electron chi connectivity index (χ1n) is 8.46. The van der Waals surface area contributed by atoms with Gasteiger partial charge >= 0.3 is 0 Å². The molecule has 0 bridgehead atoms. The SMILES string of the molecule is Cc1cc(C(=O)N2CCC(N)C(C)(C)C2)c(C)n1-c1ccccn1. The monoisotopic (exact) mass is 326 g/mol. The molecule has 5 heteroatoms. The Kier molecular flexibility index (Phi) is 4.22. The number of hydrogen-bond donors (Lipinski definition) is 1. The van der Waals surface area contributed by atoms with Gasteiger partial charge in [0.25, 0.3) is 5.91 Å². The number of aromatic nitrogens is 2. The third kappa shape index (κ3) is 2.84. The number of carbonyl (C=O) groups excluding carboxylic acids is 1. The molecular weight excluding hydrogens is 300 g/mol. The van der Waals surface area contributed by atoms with Gasteiger partial charge in [0.2, 0.25) is 0 Å². The standard InChI is InChI=1S/C19H26N4O/c1-13-11-15(14(2)23(13)17-7-5-6-9-21-17)18(24)22-10-8-16(20)19(3,4)12-22/h5-7,9,11,16H,8,10,12,20H2,1-4H3. The van der Waals surface area contributed by atoms with Crippen molar-refractivity contribution in [1.82, 2.24) is 14.5 Å². The van der Waals surface area contributed by atoms with Crippen LogP contribution in [0.3, 0.4) is 0 Å². The van der Waals surface area contributed by atoms with Crippen LogP contribution in [0.4, 0.5) is 0 Å². The topological polar surface area (TPSA) is 64.2 Å². The van der Waals surface area contributed by atoms with Crippen LogP contribution < -0.4 is 5.73 Å². The van der Waals surface area contributed by atoms with E-state index in [-0.39, 0.29) is 17.4 Å². The molecule has 0 aromatic carbocycles. The van der Waals surface area contributed by atoms with Gasteiger partial charge in [0.05, 0.1) is 5.56 Å². The van der Waals surface area contributed by atoms with Crippen molar-refractivity contribution in [3.05, 3.63) is 47.4 Å². The van der Waals surface area contributed by atoms with Gasteiger partial charge < -0.3 is 15.2 Å². The van der Waals surface area contributed by atoms with E-state index < -0.39 is 0 Å². The quantitative estimate of drug-likeness (QED) is 0.923. The minimum atomic E-state index is -0.0551. The van der Waals surface area contributed by atoms with Crippen LogP contribution in [0.15, 0.2) is 30.5 Å². The first kappa shape index (κ1) is 16.7. The Morgan fingerprint density at radius 2 is 2.08 bits per heavy atom. The predicted octanol–water partition coefficient (Wildman–Crippen LogP) is 2.69. The summed E-state index contributed by atoms with van der Waals surface area (Å²) in [6, 6.07) is 7.91. The highest BCUT2D eigenvalue weighted by molar-refractivity contribution is 5.96. The van der Waals surface area contributed by atoms with Crippen molar-refractivity contribution in [3.8, 4) is 5.82 Å². The van der Waals surface area contributed by atoms with Crippen molar-refractivity contribution in [2.45, 2.75) is 40.2 Å². The summed E-state index contributed by atoms with van der Waals surface area (Å²) >= 11 is 0. The van der Waals surface area contributed by atoms with Crippen LogP contribution in [0.2, 0.25) is 0 Å². The van der Waals surface area contributed by atoms with E-state index in [2.05, 4.69) is 18.8 Å². The van der Waals surface area contributed by atoms with E-state index in [9.17, 15) is 4.79 Å². The van der Waals surface area contributed by atoms with Crippen LogP contribution in [0.25, 0.3) is 5.82 Å². The van der Waals surface area contributed by atoms with Gasteiger partial charge in [0, 0.05) is 36.7 Å². The molecule has 1 amide bonds. The average Bonchev–Trinajstić information content (AvgIpc) is 2.85. The molecule has 128 valence electrons. The highest BCUT2D eigenvalue weighted by atomic mass is 16.2. The Hall–Kier alpha value is -2.14. The van der Waals surface area contributed by atoms with E-state index in [0.29, 0.717) is 6.54 Å². The van der Waals surface area contributed by atoms with Crippen LogP contribution in [0.5, 0.6) is 0 Å². The molecule has 1 fully saturated rings. The van der Waals surface area contributed by atoms with Crippen molar-refractivity contribution < 1.29 is 4.79 Å². The second-order valence-electron chi connectivity index (χ2n) is 7.42. The molecule has 1 aliphatic rings. The van der Waals surface area contributed by atoms with Gasteiger partial charge in [-0.05, 0) is 43.9 Å². The largest absolute Gasteiger partial charge is 0.338 e. The molecule has 0 aliphatic carbocycles. The van der Waals surface area contributed by atoms with Crippen LogP contribution >= 0.6 is 0 Å². The molecule has 1 saturated heterocycles. The zero-order chi connectivity index (χ0) is 17.5. The van der Waals surface area contributed by atoms with Gasteiger partial charge in [0.15, 0.2) is 0 Å². The lowest BCUT2D eigenvalue weighted by Gasteiger charge is -2.42. The number of hydrogen-bond acceptors (Lipinski definition) is 3. The van der Waals surface area contributed by atoms with Crippen molar-refractivity contribution in [2.24, 2.45) is 11.1 Å². The summed E-state index contributed by atoms with van der Waals surface area (Å²) in [6.07, 6.45) is 2.61. The fraction of sp³-hybridized carbons (Fsp3) is 0.474. The number of aryl methyl sites for hydroxylation is 1. The zero-order valence-electron chi connectivity index (χ0n) is 14.9. The lowest BCUT2D eigenvalue weighted by atomic mass is 9.79. The molecule has 5 nitrogen and oxygen atoms in total. The van der Waals surface area contributed by atoms with Gasteiger partial charge in [-0.15, -0.1) is 0 Å². The lowest BCUT2D eigenvalue weighted by molar-refractivity contribution is 0.0532. The van der Waals surface area contributed by atoms with Crippen molar-refractivity contribution in [3.63, 3.8) is 0 Å². The maximum atomic E-state index is 13.1. The first-order valence-corrected chi connectivity index (χ1v) is 8.46. The predicted molar refractivity (Wildman–Crippen MR) is 95.3 cm³/mol. The number of likely N-dealkylation sites (tertiary alicyclic amines) is 1. The summed E-state index contributed by atoms with van der Waals surface area (Å²) in [5, 5.41) is 0. The Bertz CT molecular complexity index is 748. The van der Waals surface area contributed by atoms with Gasteiger partial charge in [-0.3, -0.25) is 4.79 Å². The normalized spacial score (nSPS) is 20.2. The van der Waals surface area contributed by atoms with E-state index in [1.807, 2.05) is 47.6 Å². The molecule has 2 aromatic rings. The minimum absolute atomic E-state index is 0.0551. The highest BCUT2D eigenvalue weighted by Gasteiger charge is 2.36. The van der Waals surface area contributed by atoms with Crippen LogP contribution in [-0.4, -0.2) is 39.5 Å². The van der Waals surface area contributed by atoms with Gasteiger partial charge in [-0.25, -0.2) is 4.98 Å². The zero-order valence-corrected chi connectivity index (χ0v) is 14.9. The number of pyridine rings is 1. The Morgan fingerprint density at radius 1 is 1.33 bits per heavy atom. The fourth-order valence-corrected chi connectivity index (χ4v) is 3.54. The number of rotatable bonds is 2. The summed E-state index contributed by atoms with van der Waals surface area (Å²) < 4.78 is 2.04. The summed E-state index contributed by atoms with van der Waals surface area (Å²) in [6.45, 7) is 9.67. The second kappa shape index (κ2) is 6.06. The molecule has 0 saturated carbocycles. The van der Waals surface area contributed by atoms with E-state index in [1.54, 1.807) is 6.20 Å². The molecule has 24 heavy (non-hydrogen) atoms. The van der Waals surface area contributed by atoms with E-state index in [4.69, 9.17) is 5.73 Å².